The van der Waals surface area contributed by atoms with E-state index in [1.54, 1.807) is 20.2 Å². The highest BCUT2D eigenvalue weighted by Gasteiger charge is 2.38. The molecule has 2 heterocycles. The highest BCUT2D eigenvalue weighted by atomic mass is 79.9. The number of benzene rings is 1. The highest BCUT2D eigenvalue weighted by molar-refractivity contribution is 9.10. The van der Waals surface area contributed by atoms with Gasteiger partial charge in [-0.05, 0) is 32.0 Å². The van der Waals surface area contributed by atoms with Gasteiger partial charge >= 0.3 is 0 Å². The molecule has 1 aliphatic heterocycles. The lowest BCUT2D eigenvalue weighted by Crippen LogP contribution is -2.42. The lowest BCUT2D eigenvalue weighted by atomic mass is 9.91. The van der Waals surface area contributed by atoms with Crippen molar-refractivity contribution >= 4 is 21.7 Å². The Kier molecular flexibility index (Phi) is 4.71. The Morgan fingerprint density at radius 2 is 2.08 bits per heavy atom. The summed E-state index contributed by atoms with van der Waals surface area (Å²) in [7, 11) is 3.22. The van der Waals surface area contributed by atoms with Crippen molar-refractivity contribution < 1.29 is 14.2 Å². The zero-order valence-electron chi connectivity index (χ0n) is 14.5. The van der Waals surface area contributed by atoms with Crippen molar-refractivity contribution in [3.8, 4) is 11.6 Å². The minimum Gasteiger partial charge on any atom is -0.480 e. The van der Waals surface area contributed by atoms with E-state index in [0.29, 0.717) is 24.0 Å². The Labute approximate surface area is 154 Å². The van der Waals surface area contributed by atoms with Gasteiger partial charge < -0.3 is 14.2 Å². The predicted molar refractivity (Wildman–Crippen MR) is 97.8 cm³/mol. The molecule has 0 radical (unpaired) electrons. The average Bonchev–Trinajstić information content (AvgIpc) is 2.56. The van der Waals surface area contributed by atoms with E-state index in [-0.39, 0.29) is 5.56 Å². The lowest BCUT2D eigenvalue weighted by Gasteiger charge is -2.37. The molecule has 0 amide bonds. The average molecular weight is 407 g/mol. The standard InChI is InChI=1S/C18H19BrN2O4/c1-11-17(24-15-7-8-16(22)21(3)20-15)13-9-12(19)5-6-14(13)25-18(11,2)10-23-4/h5-9H,10H2,1-4H3. The first-order valence-electron chi connectivity index (χ1n) is 7.75. The van der Waals surface area contributed by atoms with Gasteiger partial charge in [0.25, 0.3) is 5.56 Å². The van der Waals surface area contributed by atoms with Crippen molar-refractivity contribution in [1.82, 2.24) is 9.78 Å². The summed E-state index contributed by atoms with van der Waals surface area (Å²) >= 11 is 3.48. The maximum atomic E-state index is 11.5. The molecule has 0 aliphatic carbocycles. The molecular formula is C18H19BrN2O4. The third-order valence-electron chi connectivity index (χ3n) is 4.22. The normalized spacial score (nSPS) is 19.4. The fourth-order valence-corrected chi connectivity index (χ4v) is 3.08. The summed E-state index contributed by atoms with van der Waals surface area (Å²) in [5.74, 6) is 1.69. The van der Waals surface area contributed by atoms with Crippen molar-refractivity contribution in [2.45, 2.75) is 19.4 Å². The van der Waals surface area contributed by atoms with E-state index in [4.69, 9.17) is 14.2 Å². The van der Waals surface area contributed by atoms with Gasteiger partial charge in [0, 0.05) is 36.3 Å². The molecule has 6 nitrogen and oxygen atoms in total. The van der Waals surface area contributed by atoms with Crippen LogP contribution in [0.3, 0.4) is 0 Å². The van der Waals surface area contributed by atoms with E-state index in [0.717, 1.165) is 15.6 Å². The first kappa shape index (κ1) is 17.7. The van der Waals surface area contributed by atoms with Crippen LogP contribution in [0, 0.1) is 0 Å². The smallest absolute Gasteiger partial charge is 0.266 e. The van der Waals surface area contributed by atoms with Crippen LogP contribution in [0.25, 0.3) is 5.76 Å². The molecule has 132 valence electrons. The summed E-state index contributed by atoms with van der Waals surface area (Å²) in [4.78, 5) is 11.5. The second-order valence-corrected chi connectivity index (χ2v) is 7.01. The number of aromatic nitrogens is 2. The highest BCUT2D eigenvalue weighted by Crippen LogP contribution is 2.42. The Morgan fingerprint density at radius 3 is 2.76 bits per heavy atom. The lowest BCUT2D eigenvalue weighted by molar-refractivity contribution is 0.0269. The molecule has 1 aliphatic rings. The first-order valence-corrected chi connectivity index (χ1v) is 8.55. The number of hydrogen-bond acceptors (Lipinski definition) is 5. The maximum absolute atomic E-state index is 11.5. The van der Waals surface area contributed by atoms with E-state index < -0.39 is 5.60 Å². The van der Waals surface area contributed by atoms with Crippen molar-refractivity contribution in [3.63, 3.8) is 0 Å². The molecule has 0 saturated carbocycles. The van der Waals surface area contributed by atoms with E-state index in [2.05, 4.69) is 21.0 Å². The van der Waals surface area contributed by atoms with Crippen LogP contribution < -0.4 is 15.0 Å². The zero-order valence-corrected chi connectivity index (χ0v) is 16.1. The van der Waals surface area contributed by atoms with Gasteiger partial charge in [-0.1, -0.05) is 15.9 Å². The quantitative estimate of drug-likeness (QED) is 0.780. The van der Waals surface area contributed by atoms with Crippen LogP contribution >= 0.6 is 15.9 Å². The molecule has 3 rings (SSSR count). The molecule has 25 heavy (non-hydrogen) atoms. The summed E-state index contributed by atoms with van der Waals surface area (Å²) in [6.07, 6.45) is 0. The van der Waals surface area contributed by atoms with E-state index >= 15 is 0 Å². The molecule has 1 unspecified atom stereocenters. The van der Waals surface area contributed by atoms with Crippen molar-refractivity contribution in [1.29, 1.82) is 0 Å². The van der Waals surface area contributed by atoms with E-state index in [1.165, 1.54) is 10.7 Å². The number of rotatable bonds is 4. The maximum Gasteiger partial charge on any atom is 0.266 e. The second kappa shape index (κ2) is 6.65. The monoisotopic (exact) mass is 406 g/mol. The summed E-state index contributed by atoms with van der Waals surface area (Å²) in [5.41, 5.74) is 0.843. The Balaban J connectivity index is 2.12. The van der Waals surface area contributed by atoms with Gasteiger partial charge in [-0.2, -0.15) is 0 Å². The van der Waals surface area contributed by atoms with Gasteiger partial charge in [-0.25, -0.2) is 4.68 Å². The van der Waals surface area contributed by atoms with Crippen LogP contribution in [0.5, 0.6) is 11.6 Å². The molecule has 0 saturated heterocycles. The topological polar surface area (TPSA) is 62.6 Å². The number of methoxy groups -OCH3 is 1. The van der Waals surface area contributed by atoms with Crippen LogP contribution in [-0.2, 0) is 11.8 Å². The van der Waals surface area contributed by atoms with Crippen LogP contribution in [0.4, 0.5) is 0 Å². The molecular weight excluding hydrogens is 388 g/mol. The Bertz CT molecular complexity index is 906. The molecule has 0 fully saturated rings. The number of nitrogens with zero attached hydrogens (tertiary/aromatic N) is 2. The van der Waals surface area contributed by atoms with Gasteiger partial charge in [-0.3, -0.25) is 4.79 Å². The largest absolute Gasteiger partial charge is 0.480 e. The van der Waals surface area contributed by atoms with Gasteiger partial charge in [0.1, 0.15) is 11.5 Å². The summed E-state index contributed by atoms with van der Waals surface area (Å²) in [5, 5.41) is 4.15. The van der Waals surface area contributed by atoms with Gasteiger partial charge in [-0.15, -0.1) is 5.10 Å². The van der Waals surface area contributed by atoms with E-state index in [9.17, 15) is 4.79 Å². The number of halogens is 1. The number of aryl methyl sites for hydroxylation is 1. The molecule has 2 aromatic rings. The molecule has 0 N–H and O–H groups in total. The van der Waals surface area contributed by atoms with Crippen LogP contribution in [0.1, 0.15) is 19.4 Å². The second-order valence-electron chi connectivity index (χ2n) is 6.10. The predicted octanol–water partition coefficient (Wildman–Crippen LogP) is 3.15. The number of hydrogen-bond donors (Lipinski definition) is 0. The molecule has 0 spiro atoms. The van der Waals surface area contributed by atoms with Gasteiger partial charge in [0.2, 0.25) is 5.88 Å². The van der Waals surface area contributed by atoms with Crippen LogP contribution in [0.15, 0.2) is 45.2 Å². The summed E-state index contributed by atoms with van der Waals surface area (Å²) < 4.78 is 19.7. The summed E-state index contributed by atoms with van der Waals surface area (Å²) in [6, 6.07) is 8.71. The SMILES string of the molecule is COCC1(C)Oc2ccc(Br)cc2C(Oc2ccc(=O)n(C)n2)=C1C. The first-order chi connectivity index (χ1) is 11.8. The fourth-order valence-electron chi connectivity index (χ4n) is 2.71. The molecule has 1 aromatic carbocycles. The summed E-state index contributed by atoms with van der Waals surface area (Å²) in [6.45, 7) is 4.27. The van der Waals surface area contributed by atoms with Crippen molar-refractivity contribution in [2.24, 2.45) is 7.05 Å². The number of fused-ring (bicyclic) bond motifs is 1. The molecule has 0 bridgehead atoms. The third-order valence-corrected chi connectivity index (χ3v) is 4.71. The van der Waals surface area contributed by atoms with Crippen LogP contribution in [-0.4, -0.2) is 29.1 Å². The Morgan fingerprint density at radius 1 is 1.32 bits per heavy atom. The van der Waals surface area contributed by atoms with Gasteiger partial charge in [0.15, 0.2) is 5.60 Å². The number of ether oxygens (including phenoxy) is 3. The molecule has 1 atom stereocenters. The van der Waals surface area contributed by atoms with Gasteiger partial charge in [0.05, 0.1) is 12.2 Å². The minimum absolute atomic E-state index is 0.197. The third kappa shape index (κ3) is 3.34. The van der Waals surface area contributed by atoms with Crippen LogP contribution in [0.2, 0.25) is 0 Å². The zero-order chi connectivity index (χ0) is 18.2. The molecule has 1 aromatic heterocycles. The van der Waals surface area contributed by atoms with E-state index in [1.807, 2.05) is 32.0 Å². The van der Waals surface area contributed by atoms with Crippen molar-refractivity contribution in [2.75, 3.05) is 13.7 Å². The minimum atomic E-state index is -0.661. The van der Waals surface area contributed by atoms with Crippen molar-refractivity contribution in [3.05, 3.63) is 56.3 Å². The molecule has 7 heteroatoms. The Hall–Kier alpha value is -2.12. The fraction of sp³-hybridized carbons (Fsp3) is 0.333.